The van der Waals surface area contributed by atoms with E-state index >= 15 is 0 Å². The maximum absolute atomic E-state index is 11.5. The van der Waals surface area contributed by atoms with E-state index in [2.05, 4.69) is 0 Å². The smallest absolute Gasteiger partial charge is 0.211 e. The summed E-state index contributed by atoms with van der Waals surface area (Å²) < 4.78 is 29.6. The molecule has 5 nitrogen and oxygen atoms in total. The first-order valence-corrected chi connectivity index (χ1v) is 8.33. The molecule has 1 N–H and O–H groups in total. The number of piperidine rings is 1. The third-order valence-electron chi connectivity index (χ3n) is 3.56. The topological polar surface area (TPSA) is 66.8 Å². The molecule has 3 unspecified atom stereocenters. The minimum absolute atomic E-state index is 0.0367. The van der Waals surface area contributed by atoms with Gasteiger partial charge in [0.25, 0.3) is 0 Å². The van der Waals surface area contributed by atoms with Crippen LogP contribution in [0.4, 0.5) is 0 Å². The Bertz CT molecular complexity index is 344. The molecule has 0 aromatic carbocycles. The molecule has 1 aliphatic rings. The summed E-state index contributed by atoms with van der Waals surface area (Å²) in [5, 5.41) is 9.94. The first kappa shape index (κ1) is 15.9. The Kier molecular flexibility index (Phi) is 6.04. The zero-order chi connectivity index (χ0) is 13.8. The first-order chi connectivity index (χ1) is 8.32. The Balaban J connectivity index is 2.43. The lowest BCUT2D eigenvalue weighted by molar-refractivity contribution is 0.0410. The maximum atomic E-state index is 11.5. The van der Waals surface area contributed by atoms with Crippen molar-refractivity contribution in [3.63, 3.8) is 0 Å². The van der Waals surface area contributed by atoms with Gasteiger partial charge in [-0.1, -0.05) is 0 Å². The van der Waals surface area contributed by atoms with Gasteiger partial charge in [-0.2, -0.15) is 0 Å². The second-order valence-electron chi connectivity index (χ2n) is 5.30. The van der Waals surface area contributed by atoms with Gasteiger partial charge in [0.1, 0.15) is 0 Å². The third kappa shape index (κ3) is 5.22. The average molecular weight is 279 g/mol. The standard InChI is InChI=1S/C12H25NO4S/c1-10(17-2)7-12(14)8-11-5-4-6-13(9-11)18(3,15)16/h10-12,14H,4-9H2,1-3H3. The summed E-state index contributed by atoms with van der Waals surface area (Å²) in [7, 11) is -1.47. The van der Waals surface area contributed by atoms with Gasteiger partial charge in [0.2, 0.25) is 10.0 Å². The highest BCUT2D eigenvalue weighted by Crippen LogP contribution is 2.24. The van der Waals surface area contributed by atoms with E-state index in [4.69, 9.17) is 4.74 Å². The Morgan fingerprint density at radius 3 is 2.72 bits per heavy atom. The predicted octanol–water partition coefficient (Wildman–Crippen LogP) is 0.834. The summed E-state index contributed by atoms with van der Waals surface area (Å²) in [6, 6.07) is 0. The Morgan fingerprint density at radius 1 is 1.50 bits per heavy atom. The number of aliphatic hydroxyl groups is 1. The molecule has 0 aromatic rings. The molecule has 6 heteroatoms. The molecule has 1 heterocycles. The van der Waals surface area contributed by atoms with Crippen LogP contribution in [0.25, 0.3) is 0 Å². The molecular weight excluding hydrogens is 254 g/mol. The Hall–Kier alpha value is -0.170. The number of sulfonamides is 1. The molecule has 0 spiro atoms. The second kappa shape index (κ2) is 6.84. The lowest BCUT2D eigenvalue weighted by Crippen LogP contribution is -2.40. The maximum Gasteiger partial charge on any atom is 0.211 e. The van der Waals surface area contributed by atoms with Crippen LogP contribution in [0.2, 0.25) is 0 Å². The summed E-state index contributed by atoms with van der Waals surface area (Å²) in [6.45, 7) is 3.07. The van der Waals surface area contributed by atoms with Gasteiger partial charge in [-0.15, -0.1) is 0 Å². The molecule has 0 aromatic heterocycles. The SMILES string of the molecule is COC(C)CC(O)CC1CCCN(S(C)(=O)=O)C1. The van der Waals surface area contributed by atoms with Crippen molar-refractivity contribution in [3.05, 3.63) is 0 Å². The normalized spacial score (nSPS) is 25.9. The molecule has 1 rings (SSSR count). The number of hydrogen-bond donors (Lipinski definition) is 1. The second-order valence-corrected chi connectivity index (χ2v) is 7.28. The molecule has 0 radical (unpaired) electrons. The van der Waals surface area contributed by atoms with Gasteiger partial charge in [-0.3, -0.25) is 0 Å². The molecule has 0 amide bonds. The van der Waals surface area contributed by atoms with Crippen molar-refractivity contribution in [2.45, 2.75) is 44.8 Å². The molecule has 1 saturated heterocycles. The highest BCUT2D eigenvalue weighted by atomic mass is 32.2. The van der Waals surface area contributed by atoms with E-state index < -0.39 is 16.1 Å². The highest BCUT2D eigenvalue weighted by molar-refractivity contribution is 7.88. The van der Waals surface area contributed by atoms with E-state index in [0.29, 0.717) is 25.9 Å². The number of methoxy groups -OCH3 is 1. The third-order valence-corrected chi connectivity index (χ3v) is 4.83. The fourth-order valence-corrected chi connectivity index (χ4v) is 3.42. The number of aliphatic hydroxyl groups excluding tert-OH is 1. The summed E-state index contributed by atoms with van der Waals surface area (Å²) in [4.78, 5) is 0. The van der Waals surface area contributed by atoms with Gasteiger partial charge in [0.05, 0.1) is 18.5 Å². The zero-order valence-corrected chi connectivity index (χ0v) is 12.3. The van der Waals surface area contributed by atoms with Crippen LogP contribution in [-0.2, 0) is 14.8 Å². The molecule has 3 atom stereocenters. The highest BCUT2D eigenvalue weighted by Gasteiger charge is 2.27. The molecular formula is C12H25NO4S. The molecule has 1 aliphatic heterocycles. The zero-order valence-electron chi connectivity index (χ0n) is 11.5. The lowest BCUT2D eigenvalue weighted by Gasteiger charge is -2.32. The van der Waals surface area contributed by atoms with Crippen molar-refractivity contribution < 1.29 is 18.3 Å². The monoisotopic (exact) mass is 279 g/mol. The van der Waals surface area contributed by atoms with Crippen LogP contribution in [-0.4, -0.2) is 56.5 Å². The molecule has 0 aliphatic carbocycles. The largest absolute Gasteiger partial charge is 0.393 e. The predicted molar refractivity (Wildman–Crippen MR) is 70.9 cm³/mol. The van der Waals surface area contributed by atoms with E-state index in [1.807, 2.05) is 6.92 Å². The van der Waals surface area contributed by atoms with Crippen molar-refractivity contribution in [3.8, 4) is 0 Å². The van der Waals surface area contributed by atoms with Gasteiger partial charge in [0, 0.05) is 20.2 Å². The van der Waals surface area contributed by atoms with Crippen LogP contribution >= 0.6 is 0 Å². The minimum atomic E-state index is -3.10. The quantitative estimate of drug-likeness (QED) is 0.782. The number of hydrogen-bond acceptors (Lipinski definition) is 4. The molecule has 108 valence electrons. The molecule has 18 heavy (non-hydrogen) atoms. The summed E-state index contributed by atoms with van der Waals surface area (Å²) in [5.74, 6) is 0.257. The van der Waals surface area contributed by atoms with E-state index in [0.717, 1.165) is 12.8 Å². The van der Waals surface area contributed by atoms with E-state index in [9.17, 15) is 13.5 Å². The van der Waals surface area contributed by atoms with E-state index in [1.165, 1.54) is 10.6 Å². The van der Waals surface area contributed by atoms with Crippen LogP contribution in [0.1, 0.15) is 32.6 Å². The van der Waals surface area contributed by atoms with Crippen LogP contribution in [0.15, 0.2) is 0 Å². The summed E-state index contributed by atoms with van der Waals surface area (Å²) in [5.41, 5.74) is 0. The minimum Gasteiger partial charge on any atom is -0.393 e. The first-order valence-electron chi connectivity index (χ1n) is 6.49. The molecule has 0 bridgehead atoms. The van der Waals surface area contributed by atoms with Crippen molar-refractivity contribution in [1.29, 1.82) is 0 Å². The van der Waals surface area contributed by atoms with Crippen molar-refractivity contribution >= 4 is 10.0 Å². The van der Waals surface area contributed by atoms with Crippen LogP contribution in [0.3, 0.4) is 0 Å². The van der Waals surface area contributed by atoms with Crippen LogP contribution < -0.4 is 0 Å². The van der Waals surface area contributed by atoms with Crippen molar-refractivity contribution in [2.75, 3.05) is 26.5 Å². The van der Waals surface area contributed by atoms with Crippen LogP contribution in [0.5, 0.6) is 0 Å². The van der Waals surface area contributed by atoms with Gasteiger partial charge >= 0.3 is 0 Å². The van der Waals surface area contributed by atoms with Crippen molar-refractivity contribution in [2.24, 2.45) is 5.92 Å². The van der Waals surface area contributed by atoms with Gasteiger partial charge < -0.3 is 9.84 Å². The van der Waals surface area contributed by atoms with Gasteiger partial charge in [-0.05, 0) is 38.5 Å². The average Bonchev–Trinajstić information content (AvgIpc) is 2.27. The number of ether oxygens (including phenoxy) is 1. The summed E-state index contributed by atoms with van der Waals surface area (Å²) in [6.07, 6.45) is 4.00. The van der Waals surface area contributed by atoms with Crippen LogP contribution in [0, 0.1) is 5.92 Å². The van der Waals surface area contributed by atoms with Gasteiger partial charge in [-0.25, -0.2) is 12.7 Å². The van der Waals surface area contributed by atoms with Gasteiger partial charge in [0.15, 0.2) is 0 Å². The Morgan fingerprint density at radius 2 is 2.17 bits per heavy atom. The van der Waals surface area contributed by atoms with E-state index in [-0.39, 0.29) is 12.0 Å². The molecule has 1 fully saturated rings. The summed E-state index contributed by atoms with van der Waals surface area (Å²) >= 11 is 0. The lowest BCUT2D eigenvalue weighted by atomic mass is 9.92. The molecule has 0 saturated carbocycles. The van der Waals surface area contributed by atoms with E-state index in [1.54, 1.807) is 7.11 Å². The number of nitrogens with zero attached hydrogens (tertiary/aromatic N) is 1. The fourth-order valence-electron chi connectivity index (χ4n) is 2.48. The number of rotatable bonds is 6. The Labute approximate surface area is 110 Å². The fraction of sp³-hybridized carbons (Fsp3) is 1.00. The van der Waals surface area contributed by atoms with Crippen molar-refractivity contribution in [1.82, 2.24) is 4.31 Å².